The van der Waals surface area contributed by atoms with Crippen LogP contribution < -0.4 is 14.8 Å². The highest BCUT2D eigenvalue weighted by Gasteiger charge is 2.19. The first kappa shape index (κ1) is 16.7. The van der Waals surface area contributed by atoms with Gasteiger partial charge in [0.25, 0.3) is 0 Å². The maximum Gasteiger partial charge on any atom is 0.240 e. The summed E-state index contributed by atoms with van der Waals surface area (Å²) in [5.41, 5.74) is 0.804. The van der Waals surface area contributed by atoms with E-state index in [0.717, 1.165) is 25.1 Å². The highest BCUT2D eigenvalue weighted by molar-refractivity contribution is 5.25. The van der Waals surface area contributed by atoms with Gasteiger partial charge in [0.2, 0.25) is 11.8 Å². The standard InChI is InChI=1S/C14H25N3O3/c1-6-15-11(8-7-10(2)18-3)13-14(20-5)17-12(19-4)9-16-13/h9-11,15H,6-8H2,1-5H3. The van der Waals surface area contributed by atoms with Crippen LogP contribution in [0, 0.1) is 0 Å². The summed E-state index contributed by atoms with van der Waals surface area (Å²) in [5, 5.41) is 3.41. The molecular weight excluding hydrogens is 258 g/mol. The Balaban J connectivity index is 2.89. The van der Waals surface area contributed by atoms with Gasteiger partial charge < -0.3 is 19.5 Å². The van der Waals surface area contributed by atoms with E-state index in [1.807, 2.05) is 0 Å². The molecule has 0 aliphatic carbocycles. The Labute approximate surface area is 120 Å². The second kappa shape index (κ2) is 8.71. The minimum atomic E-state index is 0.0888. The molecular formula is C14H25N3O3. The molecule has 2 unspecified atom stereocenters. The molecule has 6 nitrogen and oxygen atoms in total. The van der Waals surface area contributed by atoms with E-state index in [1.54, 1.807) is 27.5 Å². The van der Waals surface area contributed by atoms with Crippen molar-refractivity contribution in [2.45, 2.75) is 38.8 Å². The SMILES string of the molecule is CCNC(CCC(C)OC)c1ncc(OC)nc1OC. The van der Waals surface area contributed by atoms with E-state index >= 15 is 0 Å². The molecule has 0 fully saturated rings. The third-order valence-corrected chi connectivity index (χ3v) is 3.19. The Morgan fingerprint density at radius 3 is 2.50 bits per heavy atom. The number of hydrogen-bond acceptors (Lipinski definition) is 6. The van der Waals surface area contributed by atoms with Gasteiger partial charge in [-0.2, -0.15) is 4.98 Å². The van der Waals surface area contributed by atoms with Crippen molar-refractivity contribution in [2.75, 3.05) is 27.9 Å². The fourth-order valence-electron chi connectivity index (χ4n) is 1.95. The van der Waals surface area contributed by atoms with Crippen molar-refractivity contribution in [3.63, 3.8) is 0 Å². The summed E-state index contributed by atoms with van der Waals surface area (Å²) < 4.78 is 15.7. The van der Waals surface area contributed by atoms with Gasteiger partial charge in [-0.25, -0.2) is 4.98 Å². The number of hydrogen-bond donors (Lipinski definition) is 1. The van der Waals surface area contributed by atoms with Gasteiger partial charge in [0.1, 0.15) is 5.69 Å². The molecule has 0 saturated heterocycles. The van der Waals surface area contributed by atoms with Crippen molar-refractivity contribution in [3.8, 4) is 11.8 Å². The lowest BCUT2D eigenvalue weighted by Gasteiger charge is -2.20. The summed E-state index contributed by atoms with van der Waals surface area (Å²) in [6.07, 6.45) is 3.67. The average molecular weight is 283 g/mol. The van der Waals surface area contributed by atoms with Crippen molar-refractivity contribution < 1.29 is 14.2 Å². The van der Waals surface area contributed by atoms with Crippen LogP contribution in [0.1, 0.15) is 38.4 Å². The fourth-order valence-corrected chi connectivity index (χ4v) is 1.95. The minimum absolute atomic E-state index is 0.0888. The van der Waals surface area contributed by atoms with Crippen LogP contribution in [0.4, 0.5) is 0 Å². The number of nitrogens with zero attached hydrogens (tertiary/aromatic N) is 2. The van der Waals surface area contributed by atoms with Crippen LogP contribution in [-0.2, 0) is 4.74 Å². The fraction of sp³-hybridized carbons (Fsp3) is 0.714. The number of ether oxygens (including phenoxy) is 3. The molecule has 20 heavy (non-hydrogen) atoms. The first-order valence-electron chi connectivity index (χ1n) is 6.87. The summed E-state index contributed by atoms with van der Waals surface area (Å²) in [4.78, 5) is 8.71. The monoisotopic (exact) mass is 283 g/mol. The van der Waals surface area contributed by atoms with Crippen LogP contribution in [0.25, 0.3) is 0 Å². The van der Waals surface area contributed by atoms with E-state index in [2.05, 4.69) is 29.1 Å². The van der Waals surface area contributed by atoms with Crippen LogP contribution in [-0.4, -0.2) is 43.9 Å². The molecule has 1 aromatic heterocycles. The summed E-state index contributed by atoms with van der Waals surface area (Å²) in [6, 6.07) is 0.0888. The zero-order valence-electron chi connectivity index (χ0n) is 13.0. The van der Waals surface area contributed by atoms with Crippen molar-refractivity contribution in [1.82, 2.24) is 15.3 Å². The molecule has 1 heterocycles. The number of aromatic nitrogens is 2. The Morgan fingerprint density at radius 2 is 1.95 bits per heavy atom. The lowest BCUT2D eigenvalue weighted by molar-refractivity contribution is 0.106. The highest BCUT2D eigenvalue weighted by atomic mass is 16.5. The predicted octanol–water partition coefficient (Wildman–Crippen LogP) is 1.96. The Bertz CT molecular complexity index is 401. The number of methoxy groups -OCH3 is 3. The molecule has 2 atom stereocenters. The minimum Gasteiger partial charge on any atom is -0.480 e. The van der Waals surface area contributed by atoms with E-state index in [-0.39, 0.29) is 12.1 Å². The molecule has 0 radical (unpaired) electrons. The molecule has 0 aromatic carbocycles. The van der Waals surface area contributed by atoms with Gasteiger partial charge in [-0.3, -0.25) is 0 Å². The average Bonchev–Trinajstić information content (AvgIpc) is 2.50. The predicted molar refractivity (Wildman–Crippen MR) is 77.3 cm³/mol. The van der Waals surface area contributed by atoms with Crippen LogP contribution in [0.3, 0.4) is 0 Å². The van der Waals surface area contributed by atoms with Gasteiger partial charge in [0, 0.05) is 7.11 Å². The lowest BCUT2D eigenvalue weighted by atomic mass is 10.1. The molecule has 1 rings (SSSR count). The Hall–Kier alpha value is -1.40. The summed E-state index contributed by atoms with van der Waals surface area (Å²) in [7, 11) is 4.87. The zero-order valence-corrected chi connectivity index (χ0v) is 13.0. The topological polar surface area (TPSA) is 65.5 Å². The van der Waals surface area contributed by atoms with E-state index < -0.39 is 0 Å². The van der Waals surface area contributed by atoms with Gasteiger partial charge in [0.15, 0.2) is 0 Å². The van der Waals surface area contributed by atoms with Gasteiger partial charge in [0.05, 0.1) is 32.6 Å². The molecule has 0 aliphatic heterocycles. The van der Waals surface area contributed by atoms with E-state index in [0.29, 0.717) is 11.8 Å². The first-order chi connectivity index (χ1) is 9.65. The largest absolute Gasteiger partial charge is 0.480 e. The van der Waals surface area contributed by atoms with Crippen LogP contribution in [0.15, 0.2) is 6.20 Å². The maximum absolute atomic E-state index is 5.32. The van der Waals surface area contributed by atoms with E-state index in [9.17, 15) is 0 Å². The summed E-state index contributed by atoms with van der Waals surface area (Å²) >= 11 is 0. The maximum atomic E-state index is 5.32. The van der Waals surface area contributed by atoms with Gasteiger partial charge >= 0.3 is 0 Å². The molecule has 0 aliphatic rings. The van der Waals surface area contributed by atoms with Gasteiger partial charge in [-0.05, 0) is 26.3 Å². The van der Waals surface area contributed by atoms with Crippen LogP contribution in [0.2, 0.25) is 0 Å². The quantitative estimate of drug-likeness (QED) is 0.747. The lowest BCUT2D eigenvalue weighted by Crippen LogP contribution is -2.24. The molecule has 6 heteroatoms. The molecule has 1 aromatic rings. The van der Waals surface area contributed by atoms with E-state index in [4.69, 9.17) is 14.2 Å². The molecule has 0 amide bonds. The smallest absolute Gasteiger partial charge is 0.240 e. The normalized spacial score (nSPS) is 13.8. The Kier molecular flexibility index (Phi) is 7.25. The highest BCUT2D eigenvalue weighted by Crippen LogP contribution is 2.26. The third kappa shape index (κ3) is 4.61. The molecule has 0 bridgehead atoms. The second-order valence-electron chi connectivity index (χ2n) is 4.54. The molecule has 114 valence electrons. The third-order valence-electron chi connectivity index (χ3n) is 3.19. The molecule has 0 spiro atoms. The molecule has 0 saturated carbocycles. The van der Waals surface area contributed by atoms with Gasteiger partial charge in [-0.1, -0.05) is 6.92 Å². The number of nitrogens with one attached hydrogen (secondary N) is 1. The van der Waals surface area contributed by atoms with Gasteiger partial charge in [-0.15, -0.1) is 0 Å². The van der Waals surface area contributed by atoms with Crippen molar-refractivity contribution >= 4 is 0 Å². The summed E-state index contributed by atoms with van der Waals surface area (Å²) in [5.74, 6) is 0.950. The Morgan fingerprint density at radius 1 is 1.20 bits per heavy atom. The summed E-state index contributed by atoms with van der Waals surface area (Å²) in [6.45, 7) is 4.97. The first-order valence-corrected chi connectivity index (χ1v) is 6.87. The number of rotatable bonds is 9. The van der Waals surface area contributed by atoms with Crippen LogP contribution >= 0.6 is 0 Å². The van der Waals surface area contributed by atoms with Crippen LogP contribution in [0.5, 0.6) is 11.8 Å². The zero-order chi connectivity index (χ0) is 15.0. The van der Waals surface area contributed by atoms with Crippen molar-refractivity contribution in [3.05, 3.63) is 11.9 Å². The molecule has 1 N–H and O–H groups in total. The second-order valence-corrected chi connectivity index (χ2v) is 4.54. The van der Waals surface area contributed by atoms with Crippen molar-refractivity contribution in [1.29, 1.82) is 0 Å². The van der Waals surface area contributed by atoms with E-state index in [1.165, 1.54) is 0 Å². The van der Waals surface area contributed by atoms with Crippen molar-refractivity contribution in [2.24, 2.45) is 0 Å².